The maximum absolute atomic E-state index is 13.6. The van der Waals surface area contributed by atoms with Crippen molar-refractivity contribution >= 4 is 17.3 Å². The molecule has 0 amide bonds. The van der Waals surface area contributed by atoms with E-state index in [2.05, 4.69) is 5.32 Å². The maximum Gasteiger partial charge on any atom is 0.147 e. The van der Waals surface area contributed by atoms with Crippen LogP contribution in [0.1, 0.15) is 11.1 Å². The Morgan fingerprint density at radius 2 is 2.00 bits per heavy atom. The van der Waals surface area contributed by atoms with Crippen molar-refractivity contribution in [2.75, 3.05) is 5.32 Å². The standard InChI is InChI=1S/C14H9ClF2N2/c15-11-3-1-2-10(14(11)17)8-19-13-5-4-9(7-18)6-12(13)16/h1-6,19H,8H2. The molecular weight excluding hydrogens is 270 g/mol. The van der Waals surface area contributed by atoms with Gasteiger partial charge < -0.3 is 5.32 Å². The van der Waals surface area contributed by atoms with Crippen molar-refractivity contribution in [2.24, 2.45) is 0 Å². The fraction of sp³-hybridized carbons (Fsp3) is 0.0714. The molecule has 0 bridgehead atoms. The third-order valence-electron chi connectivity index (χ3n) is 2.60. The lowest BCUT2D eigenvalue weighted by atomic mass is 10.2. The topological polar surface area (TPSA) is 35.8 Å². The molecule has 0 saturated carbocycles. The van der Waals surface area contributed by atoms with Gasteiger partial charge in [0.15, 0.2) is 0 Å². The van der Waals surface area contributed by atoms with Gasteiger partial charge in [-0.2, -0.15) is 5.26 Å². The molecule has 0 radical (unpaired) electrons. The lowest BCUT2D eigenvalue weighted by molar-refractivity contribution is 0.610. The number of nitrogens with one attached hydrogen (secondary N) is 1. The van der Waals surface area contributed by atoms with Crippen molar-refractivity contribution in [1.82, 2.24) is 0 Å². The van der Waals surface area contributed by atoms with Gasteiger partial charge in [-0.15, -0.1) is 0 Å². The quantitative estimate of drug-likeness (QED) is 0.917. The fourth-order valence-electron chi connectivity index (χ4n) is 1.60. The minimum absolute atomic E-state index is 0.0274. The van der Waals surface area contributed by atoms with Gasteiger partial charge in [-0.05, 0) is 24.3 Å². The smallest absolute Gasteiger partial charge is 0.147 e. The summed E-state index contributed by atoms with van der Waals surface area (Å²) in [5.74, 6) is -1.08. The normalized spacial score (nSPS) is 10.0. The summed E-state index contributed by atoms with van der Waals surface area (Å²) >= 11 is 5.65. The Kier molecular flexibility index (Phi) is 3.98. The van der Waals surface area contributed by atoms with Crippen LogP contribution in [0.2, 0.25) is 5.02 Å². The predicted octanol–water partition coefficient (Wildman–Crippen LogP) is 4.10. The van der Waals surface area contributed by atoms with E-state index in [1.807, 2.05) is 6.07 Å². The minimum atomic E-state index is -0.554. The first-order valence-corrected chi connectivity index (χ1v) is 5.86. The summed E-state index contributed by atoms with van der Waals surface area (Å²) in [6.07, 6.45) is 0. The van der Waals surface area contributed by atoms with Crippen LogP contribution < -0.4 is 5.32 Å². The number of hydrogen-bond acceptors (Lipinski definition) is 2. The highest BCUT2D eigenvalue weighted by Gasteiger charge is 2.07. The molecule has 2 rings (SSSR count). The number of anilines is 1. The Hall–Kier alpha value is -2.12. The molecule has 0 fully saturated rings. The fourth-order valence-corrected chi connectivity index (χ4v) is 1.80. The molecule has 0 heterocycles. The highest BCUT2D eigenvalue weighted by atomic mass is 35.5. The van der Waals surface area contributed by atoms with E-state index >= 15 is 0 Å². The molecule has 0 aromatic heterocycles. The molecule has 2 aromatic carbocycles. The molecule has 5 heteroatoms. The number of rotatable bonds is 3. The van der Waals surface area contributed by atoms with Crippen molar-refractivity contribution in [3.05, 3.63) is 64.2 Å². The second-order valence-electron chi connectivity index (χ2n) is 3.87. The molecule has 2 nitrogen and oxygen atoms in total. The van der Waals surface area contributed by atoms with Crippen LogP contribution >= 0.6 is 11.6 Å². The third kappa shape index (κ3) is 3.01. The lowest BCUT2D eigenvalue weighted by Gasteiger charge is -2.09. The average Bonchev–Trinajstić information content (AvgIpc) is 2.41. The molecule has 0 atom stereocenters. The van der Waals surface area contributed by atoms with E-state index < -0.39 is 11.6 Å². The van der Waals surface area contributed by atoms with Crippen molar-refractivity contribution in [3.8, 4) is 6.07 Å². The van der Waals surface area contributed by atoms with Crippen LogP contribution in [0.5, 0.6) is 0 Å². The highest BCUT2D eigenvalue weighted by Crippen LogP contribution is 2.20. The van der Waals surface area contributed by atoms with Gasteiger partial charge in [-0.3, -0.25) is 0 Å². The zero-order chi connectivity index (χ0) is 13.8. The Bertz CT molecular complexity index is 650. The molecule has 96 valence electrons. The summed E-state index contributed by atoms with van der Waals surface area (Å²) in [6.45, 7) is 0.106. The van der Waals surface area contributed by atoms with E-state index in [0.29, 0.717) is 5.56 Å². The van der Waals surface area contributed by atoms with Crippen molar-refractivity contribution in [2.45, 2.75) is 6.54 Å². The summed E-state index contributed by atoms with van der Waals surface area (Å²) < 4.78 is 27.2. The molecule has 0 aliphatic heterocycles. The van der Waals surface area contributed by atoms with Gasteiger partial charge in [-0.1, -0.05) is 23.7 Å². The van der Waals surface area contributed by atoms with Crippen LogP contribution in [0.4, 0.5) is 14.5 Å². The van der Waals surface area contributed by atoms with Crippen LogP contribution in [-0.4, -0.2) is 0 Å². The monoisotopic (exact) mass is 278 g/mol. The molecule has 19 heavy (non-hydrogen) atoms. The van der Waals surface area contributed by atoms with Crippen LogP contribution in [0.25, 0.3) is 0 Å². The molecule has 0 saturated heterocycles. The maximum atomic E-state index is 13.6. The third-order valence-corrected chi connectivity index (χ3v) is 2.89. The Morgan fingerprint density at radius 3 is 2.68 bits per heavy atom. The van der Waals surface area contributed by atoms with Gasteiger partial charge in [0.2, 0.25) is 0 Å². The van der Waals surface area contributed by atoms with Crippen LogP contribution in [0.3, 0.4) is 0 Å². The molecule has 0 spiro atoms. The summed E-state index contributed by atoms with van der Waals surface area (Å²) in [4.78, 5) is 0. The van der Waals surface area contributed by atoms with Gasteiger partial charge in [0.05, 0.1) is 22.3 Å². The molecular formula is C14H9ClF2N2. The van der Waals surface area contributed by atoms with Crippen molar-refractivity contribution in [1.29, 1.82) is 5.26 Å². The predicted molar refractivity (Wildman–Crippen MR) is 69.9 cm³/mol. The van der Waals surface area contributed by atoms with E-state index in [-0.39, 0.29) is 22.8 Å². The number of nitriles is 1. The SMILES string of the molecule is N#Cc1ccc(NCc2cccc(Cl)c2F)c(F)c1. The largest absolute Gasteiger partial charge is 0.378 e. The van der Waals surface area contributed by atoms with Gasteiger partial charge in [0, 0.05) is 12.1 Å². The van der Waals surface area contributed by atoms with E-state index in [9.17, 15) is 8.78 Å². The first-order valence-electron chi connectivity index (χ1n) is 5.48. The molecule has 1 N–H and O–H groups in total. The highest BCUT2D eigenvalue weighted by molar-refractivity contribution is 6.30. The van der Waals surface area contributed by atoms with Crippen molar-refractivity contribution in [3.63, 3.8) is 0 Å². The van der Waals surface area contributed by atoms with Gasteiger partial charge in [-0.25, -0.2) is 8.78 Å². The molecule has 0 aliphatic rings. The summed E-state index contributed by atoms with van der Waals surface area (Å²) in [5.41, 5.74) is 0.784. The number of hydrogen-bond donors (Lipinski definition) is 1. The zero-order valence-corrected chi connectivity index (χ0v) is 10.5. The van der Waals surface area contributed by atoms with Crippen LogP contribution in [0, 0.1) is 23.0 Å². The Morgan fingerprint density at radius 1 is 1.21 bits per heavy atom. The first-order chi connectivity index (χ1) is 9.11. The molecule has 2 aromatic rings. The first kappa shape index (κ1) is 13.3. The summed E-state index contributed by atoms with van der Waals surface area (Å²) in [6, 6.07) is 10.5. The van der Waals surface area contributed by atoms with E-state index in [1.54, 1.807) is 12.1 Å². The summed E-state index contributed by atoms with van der Waals surface area (Å²) in [7, 11) is 0. The molecule has 0 unspecified atom stereocenters. The number of benzene rings is 2. The van der Waals surface area contributed by atoms with Crippen molar-refractivity contribution < 1.29 is 8.78 Å². The van der Waals surface area contributed by atoms with E-state index in [4.69, 9.17) is 16.9 Å². The number of halogens is 3. The number of nitrogens with zero attached hydrogens (tertiary/aromatic N) is 1. The Balaban J connectivity index is 2.15. The second kappa shape index (κ2) is 5.68. The van der Waals surface area contributed by atoms with E-state index in [1.165, 1.54) is 18.2 Å². The van der Waals surface area contributed by atoms with Gasteiger partial charge in [0.25, 0.3) is 0 Å². The average molecular weight is 279 g/mol. The van der Waals surface area contributed by atoms with E-state index in [0.717, 1.165) is 6.07 Å². The lowest BCUT2D eigenvalue weighted by Crippen LogP contribution is -2.03. The Labute approximate surface area is 114 Å². The molecule has 0 aliphatic carbocycles. The zero-order valence-electron chi connectivity index (χ0n) is 9.75. The second-order valence-corrected chi connectivity index (χ2v) is 4.28. The van der Waals surface area contributed by atoms with Crippen LogP contribution in [-0.2, 0) is 6.54 Å². The minimum Gasteiger partial charge on any atom is -0.378 e. The summed E-state index contributed by atoms with van der Waals surface area (Å²) in [5, 5.41) is 11.4. The van der Waals surface area contributed by atoms with Gasteiger partial charge >= 0.3 is 0 Å². The van der Waals surface area contributed by atoms with Gasteiger partial charge in [0.1, 0.15) is 11.6 Å². The van der Waals surface area contributed by atoms with Crippen LogP contribution in [0.15, 0.2) is 36.4 Å².